The third-order valence-corrected chi connectivity index (χ3v) is 3.89. The SMILES string of the molecule is CO.Clc1ccc(C(c2ccc(Cl)cc2)C(Cl)(Cl)Cl)cc1. The molecule has 0 aliphatic rings. The number of alkyl halides is 3. The molecule has 0 heterocycles. The molecule has 0 atom stereocenters. The molecule has 0 aliphatic heterocycles. The van der Waals surface area contributed by atoms with Gasteiger partial charge in [-0.2, -0.15) is 0 Å². The van der Waals surface area contributed by atoms with Gasteiger partial charge in [-0.1, -0.05) is 82.3 Å². The molecule has 0 saturated heterocycles. The predicted octanol–water partition coefficient (Wildman–Crippen LogP) is 6.10. The fourth-order valence-corrected chi connectivity index (χ4v) is 2.89. The maximum atomic E-state index is 7.00. The summed E-state index contributed by atoms with van der Waals surface area (Å²) in [7, 11) is 1.00. The molecular weight excluding hydrogens is 373 g/mol. The largest absolute Gasteiger partial charge is 0.400 e. The van der Waals surface area contributed by atoms with E-state index in [9.17, 15) is 0 Å². The van der Waals surface area contributed by atoms with Crippen LogP contribution in [0.1, 0.15) is 17.0 Å². The van der Waals surface area contributed by atoms with Crippen LogP contribution >= 0.6 is 58.0 Å². The second-order valence-corrected chi connectivity index (χ2v) is 7.32. The second kappa shape index (κ2) is 8.47. The summed E-state index contributed by atoms with van der Waals surface area (Å²) >= 11 is 30.1. The highest BCUT2D eigenvalue weighted by Crippen LogP contribution is 2.45. The molecule has 0 fully saturated rings. The van der Waals surface area contributed by atoms with Crippen molar-refractivity contribution in [3.05, 3.63) is 69.7 Å². The van der Waals surface area contributed by atoms with E-state index in [1.54, 1.807) is 24.3 Å². The van der Waals surface area contributed by atoms with Gasteiger partial charge in [0, 0.05) is 17.2 Å². The third-order valence-electron chi connectivity index (χ3n) is 2.73. The van der Waals surface area contributed by atoms with Crippen LogP contribution in [-0.4, -0.2) is 16.0 Å². The summed E-state index contributed by atoms with van der Waals surface area (Å²) in [6, 6.07) is 14.5. The van der Waals surface area contributed by atoms with Crippen LogP contribution in [0, 0.1) is 0 Å². The number of hydrogen-bond acceptors (Lipinski definition) is 1. The first-order chi connectivity index (χ1) is 9.88. The summed E-state index contributed by atoms with van der Waals surface area (Å²) in [5, 5.41) is 8.28. The van der Waals surface area contributed by atoms with E-state index in [2.05, 4.69) is 0 Å². The number of aliphatic hydroxyl groups excluding tert-OH is 1. The van der Waals surface area contributed by atoms with Crippen molar-refractivity contribution in [2.45, 2.75) is 9.71 Å². The molecule has 0 spiro atoms. The molecule has 1 nitrogen and oxygen atoms in total. The van der Waals surface area contributed by atoms with E-state index in [1.807, 2.05) is 24.3 Å². The van der Waals surface area contributed by atoms with Gasteiger partial charge >= 0.3 is 0 Å². The fourth-order valence-electron chi connectivity index (χ4n) is 1.88. The van der Waals surface area contributed by atoms with E-state index in [1.165, 1.54) is 0 Å². The highest BCUT2D eigenvalue weighted by Gasteiger charge is 2.35. The summed E-state index contributed by atoms with van der Waals surface area (Å²) in [6.45, 7) is 0. The zero-order chi connectivity index (χ0) is 16.0. The molecule has 0 radical (unpaired) electrons. The standard InChI is InChI=1S/C14H9Cl5.CH4O/c15-11-5-1-9(2-6-11)13(14(17,18)19)10-3-7-12(16)8-4-10;1-2/h1-8,13H;2H,1H3. The maximum Gasteiger partial charge on any atom is 0.201 e. The van der Waals surface area contributed by atoms with Crippen LogP contribution in [0.25, 0.3) is 0 Å². The van der Waals surface area contributed by atoms with Crippen molar-refractivity contribution in [1.82, 2.24) is 0 Å². The molecule has 0 bridgehead atoms. The summed E-state index contributed by atoms with van der Waals surface area (Å²) < 4.78 is -1.46. The number of hydrogen-bond donors (Lipinski definition) is 1. The van der Waals surface area contributed by atoms with E-state index < -0.39 is 3.79 Å². The zero-order valence-electron chi connectivity index (χ0n) is 11.0. The van der Waals surface area contributed by atoms with E-state index in [0.717, 1.165) is 18.2 Å². The predicted molar refractivity (Wildman–Crippen MR) is 93.2 cm³/mol. The molecule has 2 aromatic rings. The van der Waals surface area contributed by atoms with Gasteiger partial charge in [0.25, 0.3) is 0 Å². The summed E-state index contributed by atoms with van der Waals surface area (Å²) in [5.41, 5.74) is 1.76. The van der Waals surface area contributed by atoms with Gasteiger partial charge in [0.05, 0.1) is 5.92 Å². The highest BCUT2D eigenvalue weighted by atomic mass is 35.6. The molecule has 0 saturated carbocycles. The monoisotopic (exact) mass is 384 g/mol. The first-order valence-electron chi connectivity index (χ1n) is 5.90. The van der Waals surface area contributed by atoms with Crippen LogP contribution in [0.5, 0.6) is 0 Å². The Hall–Kier alpha value is -0.150. The Balaban J connectivity index is 0.00000106. The lowest BCUT2D eigenvalue weighted by atomic mass is 9.92. The smallest absolute Gasteiger partial charge is 0.201 e. The Morgan fingerprint density at radius 1 is 0.714 bits per heavy atom. The van der Waals surface area contributed by atoms with Gasteiger partial charge in [-0.05, 0) is 35.4 Å². The van der Waals surface area contributed by atoms with Gasteiger partial charge in [-0.15, -0.1) is 0 Å². The zero-order valence-corrected chi connectivity index (χ0v) is 14.8. The van der Waals surface area contributed by atoms with E-state index in [4.69, 9.17) is 63.1 Å². The first kappa shape index (κ1) is 18.9. The van der Waals surface area contributed by atoms with E-state index in [-0.39, 0.29) is 5.92 Å². The molecule has 2 rings (SSSR count). The maximum absolute atomic E-state index is 7.00. The van der Waals surface area contributed by atoms with Gasteiger partial charge in [0.15, 0.2) is 0 Å². The Labute approximate surface area is 149 Å². The minimum atomic E-state index is -1.46. The molecule has 0 unspecified atom stereocenters. The van der Waals surface area contributed by atoms with Crippen molar-refractivity contribution < 1.29 is 5.11 Å². The first-order valence-corrected chi connectivity index (χ1v) is 7.79. The molecule has 2 aromatic carbocycles. The van der Waals surface area contributed by atoms with Crippen LogP contribution in [0.4, 0.5) is 0 Å². The van der Waals surface area contributed by atoms with Crippen LogP contribution < -0.4 is 0 Å². The number of benzene rings is 2. The fraction of sp³-hybridized carbons (Fsp3) is 0.200. The number of halogens is 5. The normalized spacial score (nSPS) is 11.0. The molecule has 0 amide bonds. The Morgan fingerprint density at radius 2 is 1.00 bits per heavy atom. The molecule has 1 N–H and O–H groups in total. The van der Waals surface area contributed by atoms with Gasteiger partial charge in [0.1, 0.15) is 0 Å². The highest BCUT2D eigenvalue weighted by molar-refractivity contribution is 6.68. The van der Waals surface area contributed by atoms with E-state index in [0.29, 0.717) is 10.0 Å². The summed E-state index contributed by atoms with van der Waals surface area (Å²) in [4.78, 5) is 0. The lowest BCUT2D eigenvalue weighted by Crippen LogP contribution is -2.18. The quantitative estimate of drug-likeness (QED) is 0.618. The van der Waals surface area contributed by atoms with Gasteiger partial charge in [-0.25, -0.2) is 0 Å². The lowest BCUT2D eigenvalue weighted by molar-refractivity contribution is 0.399. The van der Waals surface area contributed by atoms with Crippen LogP contribution in [0.15, 0.2) is 48.5 Å². The number of aliphatic hydroxyl groups is 1. The van der Waals surface area contributed by atoms with Crippen LogP contribution in [-0.2, 0) is 0 Å². The molecule has 0 aliphatic carbocycles. The Bertz CT molecular complexity index is 500. The van der Waals surface area contributed by atoms with Crippen LogP contribution in [0.2, 0.25) is 10.0 Å². The molecule has 21 heavy (non-hydrogen) atoms. The molecular formula is C15H13Cl5O. The van der Waals surface area contributed by atoms with Gasteiger partial charge in [-0.3, -0.25) is 0 Å². The minimum absolute atomic E-state index is 0.382. The van der Waals surface area contributed by atoms with Crippen molar-refractivity contribution in [2.75, 3.05) is 7.11 Å². The van der Waals surface area contributed by atoms with Crippen molar-refractivity contribution in [3.63, 3.8) is 0 Å². The van der Waals surface area contributed by atoms with Crippen molar-refractivity contribution in [1.29, 1.82) is 0 Å². The second-order valence-electron chi connectivity index (χ2n) is 4.08. The van der Waals surface area contributed by atoms with E-state index >= 15 is 0 Å². The minimum Gasteiger partial charge on any atom is -0.400 e. The van der Waals surface area contributed by atoms with Crippen molar-refractivity contribution in [3.8, 4) is 0 Å². The van der Waals surface area contributed by atoms with Crippen molar-refractivity contribution >= 4 is 58.0 Å². The van der Waals surface area contributed by atoms with Crippen LogP contribution in [0.3, 0.4) is 0 Å². The average Bonchev–Trinajstić information content (AvgIpc) is 2.44. The summed E-state index contributed by atoms with van der Waals surface area (Å²) in [6.07, 6.45) is 0. The Kier molecular flexibility index (Phi) is 7.63. The lowest BCUT2D eigenvalue weighted by Gasteiger charge is -2.25. The molecule has 0 aromatic heterocycles. The Morgan fingerprint density at radius 3 is 1.24 bits per heavy atom. The molecule has 114 valence electrons. The number of rotatable bonds is 2. The third kappa shape index (κ3) is 5.52. The van der Waals surface area contributed by atoms with Gasteiger partial charge < -0.3 is 5.11 Å². The average molecular weight is 387 g/mol. The van der Waals surface area contributed by atoms with Gasteiger partial charge in [0.2, 0.25) is 3.79 Å². The summed E-state index contributed by atoms with van der Waals surface area (Å²) in [5.74, 6) is -0.382. The van der Waals surface area contributed by atoms with Crippen molar-refractivity contribution in [2.24, 2.45) is 0 Å². The molecule has 6 heteroatoms. The topological polar surface area (TPSA) is 20.2 Å².